The average Bonchev–Trinajstić information content (AvgIpc) is 2.09. The van der Waals surface area contributed by atoms with Gasteiger partial charge in [0.05, 0.1) is 32.0 Å². The summed E-state index contributed by atoms with van der Waals surface area (Å²) >= 11 is 18.2. The number of rotatable bonds is 2. The molecule has 0 aromatic heterocycles. The number of halogens is 3. The van der Waals surface area contributed by atoms with Crippen molar-refractivity contribution in [1.82, 2.24) is 0 Å². The molecule has 0 amide bonds. The third-order valence-corrected chi connectivity index (χ3v) is 3.21. The van der Waals surface area contributed by atoms with E-state index in [9.17, 15) is 4.79 Å². The zero-order valence-electron chi connectivity index (χ0n) is 7.01. The maximum Gasteiger partial charge on any atom is 0.315 e. The fraction of sp³-hybridized carbons (Fsp3) is 0.125. The molecule has 2 nitrogen and oxygen atoms in total. The van der Waals surface area contributed by atoms with Crippen LogP contribution in [0.3, 0.4) is 0 Å². The molecule has 0 bridgehead atoms. The van der Waals surface area contributed by atoms with Crippen LogP contribution in [0.2, 0.25) is 15.1 Å². The minimum absolute atomic E-state index is 0.365. The lowest BCUT2D eigenvalue weighted by atomic mass is 10.4. The maximum absolute atomic E-state index is 10.5. The molecule has 76 valence electrons. The molecular formula is C8H5Cl3O2S. The second kappa shape index (κ2) is 5.12. The quantitative estimate of drug-likeness (QED) is 0.595. The van der Waals surface area contributed by atoms with E-state index >= 15 is 0 Å². The molecular weight excluding hydrogens is 267 g/mol. The van der Waals surface area contributed by atoms with E-state index in [1.54, 1.807) is 6.07 Å². The molecule has 0 spiro atoms. The second-order valence-corrected chi connectivity index (χ2v) is 4.35. The Morgan fingerprint density at radius 3 is 2.36 bits per heavy atom. The van der Waals surface area contributed by atoms with Crippen LogP contribution in [-0.2, 0) is 8.98 Å². The number of hydrogen-bond acceptors (Lipinski definition) is 3. The topological polar surface area (TPSA) is 26.3 Å². The van der Waals surface area contributed by atoms with E-state index in [0.29, 0.717) is 20.0 Å². The maximum atomic E-state index is 10.5. The summed E-state index contributed by atoms with van der Waals surface area (Å²) in [6.07, 6.45) is 0. The SMILES string of the molecule is CC(=O)OSc1cc(Cl)c(Cl)cc1Cl. The van der Waals surface area contributed by atoms with E-state index in [2.05, 4.69) is 0 Å². The highest BCUT2D eigenvalue weighted by Crippen LogP contribution is 2.35. The summed E-state index contributed by atoms with van der Waals surface area (Å²) in [6, 6.07) is 3.04. The molecule has 6 heteroatoms. The molecule has 0 aliphatic heterocycles. The van der Waals surface area contributed by atoms with Crippen molar-refractivity contribution in [2.24, 2.45) is 0 Å². The van der Waals surface area contributed by atoms with E-state index in [4.69, 9.17) is 39.0 Å². The zero-order valence-corrected chi connectivity index (χ0v) is 10.1. The summed E-state index contributed by atoms with van der Waals surface area (Å²) in [5, 5.41) is 1.13. The number of benzene rings is 1. The largest absolute Gasteiger partial charge is 0.386 e. The van der Waals surface area contributed by atoms with Crippen LogP contribution in [0.15, 0.2) is 17.0 Å². The van der Waals surface area contributed by atoms with Crippen molar-refractivity contribution < 1.29 is 8.98 Å². The molecule has 0 aliphatic carbocycles. The Labute approximate surface area is 101 Å². The van der Waals surface area contributed by atoms with Crippen LogP contribution < -0.4 is 0 Å². The Morgan fingerprint density at radius 1 is 1.21 bits per heavy atom. The fourth-order valence-corrected chi connectivity index (χ4v) is 1.89. The lowest BCUT2D eigenvalue weighted by molar-refractivity contribution is -0.130. The van der Waals surface area contributed by atoms with Crippen molar-refractivity contribution in [3.63, 3.8) is 0 Å². The highest BCUT2D eigenvalue weighted by Gasteiger charge is 2.08. The van der Waals surface area contributed by atoms with E-state index in [1.165, 1.54) is 13.0 Å². The molecule has 1 aromatic carbocycles. The monoisotopic (exact) mass is 270 g/mol. The van der Waals surface area contributed by atoms with Crippen molar-refractivity contribution in [2.45, 2.75) is 11.8 Å². The average molecular weight is 272 g/mol. The van der Waals surface area contributed by atoms with Crippen LogP contribution >= 0.6 is 46.8 Å². The Morgan fingerprint density at radius 2 is 1.79 bits per heavy atom. The standard InChI is InChI=1S/C8H5Cl3O2S/c1-4(12)13-14-8-3-6(10)5(9)2-7(8)11/h2-3H,1H3. The van der Waals surface area contributed by atoms with Crippen molar-refractivity contribution in [3.8, 4) is 0 Å². The molecule has 1 aromatic rings. The normalized spacial score (nSPS) is 10.0. The fourth-order valence-electron chi connectivity index (χ4n) is 0.672. The first-order valence-electron chi connectivity index (χ1n) is 3.50. The molecule has 0 unspecified atom stereocenters. The van der Waals surface area contributed by atoms with E-state index in [-0.39, 0.29) is 0 Å². The molecule has 14 heavy (non-hydrogen) atoms. The lowest BCUT2D eigenvalue weighted by Gasteiger charge is -2.04. The third kappa shape index (κ3) is 3.24. The predicted molar refractivity (Wildman–Crippen MR) is 59.1 cm³/mol. The second-order valence-electron chi connectivity index (χ2n) is 2.35. The molecule has 0 radical (unpaired) electrons. The molecule has 0 heterocycles. The number of hydrogen-bond donors (Lipinski definition) is 0. The van der Waals surface area contributed by atoms with Crippen molar-refractivity contribution in [3.05, 3.63) is 27.2 Å². The van der Waals surface area contributed by atoms with Crippen LogP contribution in [0.25, 0.3) is 0 Å². The van der Waals surface area contributed by atoms with Gasteiger partial charge in [0.15, 0.2) is 0 Å². The summed E-state index contributed by atoms with van der Waals surface area (Å²) in [6.45, 7) is 1.30. The summed E-state index contributed by atoms with van der Waals surface area (Å²) < 4.78 is 4.70. The van der Waals surface area contributed by atoms with Gasteiger partial charge < -0.3 is 4.18 Å². The van der Waals surface area contributed by atoms with Gasteiger partial charge in [-0.2, -0.15) is 0 Å². The van der Waals surface area contributed by atoms with Gasteiger partial charge in [-0.05, 0) is 12.1 Å². The predicted octanol–water partition coefficient (Wildman–Crippen LogP) is 4.22. The smallest absolute Gasteiger partial charge is 0.315 e. The summed E-state index contributed by atoms with van der Waals surface area (Å²) in [7, 11) is 0. The first-order chi connectivity index (χ1) is 6.50. The van der Waals surface area contributed by atoms with Gasteiger partial charge in [-0.1, -0.05) is 34.8 Å². The first kappa shape index (κ1) is 12.0. The highest BCUT2D eigenvalue weighted by atomic mass is 35.5. The zero-order chi connectivity index (χ0) is 10.7. The third-order valence-electron chi connectivity index (χ3n) is 1.22. The minimum atomic E-state index is -0.405. The Balaban J connectivity index is 2.87. The van der Waals surface area contributed by atoms with Gasteiger partial charge in [0, 0.05) is 6.92 Å². The lowest BCUT2D eigenvalue weighted by Crippen LogP contribution is -1.89. The van der Waals surface area contributed by atoms with Crippen molar-refractivity contribution in [1.29, 1.82) is 0 Å². The Kier molecular flexibility index (Phi) is 4.38. The number of carbonyl (C=O) groups excluding carboxylic acids is 1. The molecule has 0 atom stereocenters. The number of carbonyl (C=O) groups is 1. The molecule has 0 saturated carbocycles. The Bertz CT molecular complexity index is 368. The van der Waals surface area contributed by atoms with Crippen molar-refractivity contribution in [2.75, 3.05) is 0 Å². The van der Waals surface area contributed by atoms with Gasteiger partial charge >= 0.3 is 5.97 Å². The van der Waals surface area contributed by atoms with Crippen LogP contribution in [-0.4, -0.2) is 5.97 Å². The Hall–Kier alpha value is -0.0900. The molecule has 0 aliphatic rings. The summed E-state index contributed by atoms with van der Waals surface area (Å²) in [5.74, 6) is -0.405. The summed E-state index contributed by atoms with van der Waals surface area (Å²) in [4.78, 5) is 11.1. The van der Waals surface area contributed by atoms with Crippen molar-refractivity contribution >= 4 is 52.8 Å². The minimum Gasteiger partial charge on any atom is -0.386 e. The van der Waals surface area contributed by atoms with E-state index in [1.807, 2.05) is 0 Å². The van der Waals surface area contributed by atoms with Gasteiger partial charge in [0.25, 0.3) is 0 Å². The van der Waals surface area contributed by atoms with Crippen LogP contribution in [0.5, 0.6) is 0 Å². The van der Waals surface area contributed by atoms with Gasteiger partial charge in [-0.3, -0.25) is 4.79 Å². The van der Waals surface area contributed by atoms with Crippen LogP contribution in [0.4, 0.5) is 0 Å². The van der Waals surface area contributed by atoms with Gasteiger partial charge in [0.1, 0.15) is 0 Å². The van der Waals surface area contributed by atoms with E-state index < -0.39 is 5.97 Å². The molecule has 1 rings (SSSR count). The van der Waals surface area contributed by atoms with Crippen LogP contribution in [0.1, 0.15) is 6.92 Å². The van der Waals surface area contributed by atoms with Gasteiger partial charge in [-0.25, -0.2) is 0 Å². The first-order valence-corrected chi connectivity index (χ1v) is 5.38. The molecule has 0 fully saturated rings. The summed E-state index contributed by atoms with van der Waals surface area (Å²) in [5.41, 5.74) is 0. The van der Waals surface area contributed by atoms with Gasteiger partial charge in [-0.15, -0.1) is 0 Å². The molecule has 0 N–H and O–H groups in total. The molecule has 0 saturated heterocycles. The van der Waals surface area contributed by atoms with Crippen LogP contribution in [0, 0.1) is 0 Å². The van der Waals surface area contributed by atoms with E-state index in [0.717, 1.165) is 12.0 Å². The van der Waals surface area contributed by atoms with Gasteiger partial charge in [0.2, 0.25) is 0 Å². The highest BCUT2D eigenvalue weighted by molar-refractivity contribution is 7.95.